The van der Waals surface area contributed by atoms with E-state index in [1.54, 1.807) is 6.07 Å². The molecule has 0 spiro atoms. The standard InChI is InChI=1S/C15H21F3N2O/c1-2-3-6-21-14-4-5-20(10-14)13-8-11(15(16,17)18)7-12(19)9-13/h7-9,14H,2-6,10,19H2,1H3/t14-/m1/s1. The zero-order valence-corrected chi connectivity index (χ0v) is 12.1. The van der Waals surface area contributed by atoms with Crippen LogP contribution < -0.4 is 10.6 Å². The number of benzene rings is 1. The van der Waals surface area contributed by atoms with Gasteiger partial charge in [0, 0.05) is 31.1 Å². The first-order valence-electron chi connectivity index (χ1n) is 7.24. The van der Waals surface area contributed by atoms with Gasteiger partial charge in [-0.25, -0.2) is 0 Å². The molecule has 0 amide bonds. The second-order valence-electron chi connectivity index (χ2n) is 5.39. The van der Waals surface area contributed by atoms with E-state index in [0.717, 1.165) is 31.4 Å². The van der Waals surface area contributed by atoms with E-state index in [1.165, 1.54) is 0 Å². The summed E-state index contributed by atoms with van der Waals surface area (Å²) >= 11 is 0. The van der Waals surface area contributed by atoms with Crippen LogP contribution in [0.15, 0.2) is 18.2 Å². The van der Waals surface area contributed by atoms with Gasteiger partial charge in [-0.05, 0) is 31.0 Å². The summed E-state index contributed by atoms with van der Waals surface area (Å²) in [6, 6.07) is 3.71. The molecule has 0 aromatic heterocycles. The Labute approximate surface area is 122 Å². The Kier molecular flexibility index (Phi) is 4.98. The summed E-state index contributed by atoms with van der Waals surface area (Å²) in [7, 11) is 0. The lowest BCUT2D eigenvalue weighted by molar-refractivity contribution is -0.137. The highest BCUT2D eigenvalue weighted by Crippen LogP contribution is 2.34. The van der Waals surface area contributed by atoms with E-state index >= 15 is 0 Å². The highest BCUT2D eigenvalue weighted by atomic mass is 19.4. The van der Waals surface area contributed by atoms with Crippen molar-refractivity contribution in [1.29, 1.82) is 0 Å². The van der Waals surface area contributed by atoms with Crippen LogP contribution in [0.25, 0.3) is 0 Å². The highest BCUT2D eigenvalue weighted by Gasteiger charge is 2.32. The van der Waals surface area contributed by atoms with Gasteiger partial charge in [0.25, 0.3) is 0 Å². The normalized spacial score (nSPS) is 19.2. The topological polar surface area (TPSA) is 38.5 Å². The molecule has 1 heterocycles. The minimum absolute atomic E-state index is 0.0901. The maximum absolute atomic E-state index is 12.8. The second-order valence-corrected chi connectivity index (χ2v) is 5.39. The quantitative estimate of drug-likeness (QED) is 0.666. The van der Waals surface area contributed by atoms with Gasteiger partial charge in [0.2, 0.25) is 0 Å². The Bertz CT molecular complexity index is 476. The highest BCUT2D eigenvalue weighted by molar-refractivity contribution is 5.59. The lowest BCUT2D eigenvalue weighted by atomic mass is 10.1. The molecule has 1 fully saturated rings. The van der Waals surface area contributed by atoms with Gasteiger partial charge in [-0.3, -0.25) is 0 Å². The molecule has 0 saturated carbocycles. The summed E-state index contributed by atoms with van der Waals surface area (Å²) in [5.41, 5.74) is 5.55. The third kappa shape index (κ3) is 4.27. The van der Waals surface area contributed by atoms with Crippen LogP contribution in [-0.4, -0.2) is 25.8 Å². The van der Waals surface area contributed by atoms with Gasteiger partial charge in [-0.15, -0.1) is 0 Å². The number of rotatable bonds is 5. The van der Waals surface area contributed by atoms with E-state index in [4.69, 9.17) is 10.5 Å². The maximum Gasteiger partial charge on any atom is 0.416 e. The average Bonchev–Trinajstić information content (AvgIpc) is 2.86. The van der Waals surface area contributed by atoms with Crippen LogP contribution in [0, 0.1) is 0 Å². The maximum atomic E-state index is 12.8. The molecule has 1 aromatic rings. The molecule has 118 valence electrons. The molecule has 0 bridgehead atoms. The van der Waals surface area contributed by atoms with E-state index in [-0.39, 0.29) is 11.8 Å². The molecule has 1 aromatic carbocycles. The summed E-state index contributed by atoms with van der Waals surface area (Å²) < 4.78 is 44.2. The number of ether oxygens (including phenoxy) is 1. The molecular formula is C15H21F3N2O. The first-order valence-corrected chi connectivity index (χ1v) is 7.24. The second kappa shape index (κ2) is 6.56. The van der Waals surface area contributed by atoms with Crippen molar-refractivity contribution in [2.45, 2.75) is 38.5 Å². The Morgan fingerprint density at radius 2 is 2.10 bits per heavy atom. The fourth-order valence-electron chi connectivity index (χ4n) is 2.47. The fraction of sp³-hybridized carbons (Fsp3) is 0.600. The smallest absolute Gasteiger partial charge is 0.399 e. The van der Waals surface area contributed by atoms with E-state index in [2.05, 4.69) is 6.92 Å². The SMILES string of the molecule is CCCCO[C@@H]1CCN(c2cc(N)cc(C(F)(F)F)c2)C1. The Balaban J connectivity index is 2.04. The Morgan fingerprint density at radius 1 is 1.33 bits per heavy atom. The van der Waals surface area contributed by atoms with Crippen LogP contribution in [0.3, 0.4) is 0 Å². The van der Waals surface area contributed by atoms with E-state index in [1.807, 2.05) is 4.90 Å². The van der Waals surface area contributed by atoms with Gasteiger partial charge in [-0.2, -0.15) is 13.2 Å². The molecule has 6 heteroatoms. The number of unbranched alkanes of at least 4 members (excludes halogenated alkanes) is 1. The predicted octanol–water partition coefficient (Wildman–Crippen LogP) is 3.68. The van der Waals surface area contributed by atoms with Gasteiger partial charge in [-0.1, -0.05) is 13.3 Å². The zero-order valence-electron chi connectivity index (χ0n) is 12.1. The van der Waals surface area contributed by atoms with Gasteiger partial charge >= 0.3 is 6.18 Å². The number of nitrogens with two attached hydrogens (primary N) is 1. The molecule has 3 nitrogen and oxygen atoms in total. The van der Waals surface area contributed by atoms with E-state index < -0.39 is 11.7 Å². The van der Waals surface area contributed by atoms with Crippen molar-refractivity contribution in [3.05, 3.63) is 23.8 Å². The number of anilines is 2. The van der Waals surface area contributed by atoms with Crippen molar-refractivity contribution in [2.24, 2.45) is 0 Å². The molecule has 2 N–H and O–H groups in total. The van der Waals surface area contributed by atoms with Crippen LogP contribution >= 0.6 is 0 Å². The van der Waals surface area contributed by atoms with Crippen molar-refractivity contribution in [3.63, 3.8) is 0 Å². The Morgan fingerprint density at radius 3 is 2.76 bits per heavy atom. The summed E-state index contributed by atoms with van der Waals surface area (Å²) in [5, 5.41) is 0. The molecule has 21 heavy (non-hydrogen) atoms. The lowest BCUT2D eigenvalue weighted by Gasteiger charge is -2.21. The van der Waals surface area contributed by atoms with Crippen molar-refractivity contribution in [3.8, 4) is 0 Å². The zero-order chi connectivity index (χ0) is 15.5. The van der Waals surface area contributed by atoms with Crippen molar-refractivity contribution in [1.82, 2.24) is 0 Å². The molecule has 1 atom stereocenters. The number of hydrogen-bond donors (Lipinski definition) is 1. The molecule has 0 radical (unpaired) electrons. The van der Waals surface area contributed by atoms with Crippen LogP contribution in [0.5, 0.6) is 0 Å². The summed E-state index contributed by atoms with van der Waals surface area (Å²) in [6.07, 6.45) is -1.37. The molecule has 0 aliphatic carbocycles. The minimum Gasteiger partial charge on any atom is -0.399 e. The lowest BCUT2D eigenvalue weighted by Crippen LogP contribution is -2.23. The number of hydrogen-bond acceptors (Lipinski definition) is 3. The number of halogens is 3. The molecule has 2 rings (SSSR count). The minimum atomic E-state index is -4.37. The number of nitrogen functional groups attached to an aromatic ring is 1. The van der Waals surface area contributed by atoms with Gasteiger partial charge in [0.05, 0.1) is 11.7 Å². The summed E-state index contributed by atoms with van der Waals surface area (Å²) in [4.78, 5) is 1.90. The van der Waals surface area contributed by atoms with Gasteiger partial charge in [0.1, 0.15) is 0 Å². The largest absolute Gasteiger partial charge is 0.416 e. The van der Waals surface area contributed by atoms with Gasteiger partial charge in [0.15, 0.2) is 0 Å². The van der Waals surface area contributed by atoms with E-state index in [9.17, 15) is 13.2 Å². The van der Waals surface area contributed by atoms with Crippen LogP contribution in [-0.2, 0) is 10.9 Å². The third-order valence-electron chi connectivity index (χ3n) is 3.63. The first-order chi connectivity index (χ1) is 9.90. The molecule has 1 aliphatic heterocycles. The summed E-state index contributed by atoms with van der Waals surface area (Å²) in [6.45, 7) is 4.11. The van der Waals surface area contributed by atoms with Crippen molar-refractivity contribution in [2.75, 3.05) is 30.3 Å². The molecule has 1 saturated heterocycles. The van der Waals surface area contributed by atoms with E-state index in [0.29, 0.717) is 25.4 Å². The first kappa shape index (κ1) is 15.9. The molecule has 0 unspecified atom stereocenters. The summed E-state index contributed by atoms with van der Waals surface area (Å²) in [5.74, 6) is 0. The van der Waals surface area contributed by atoms with Crippen molar-refractivity contribution < 1.29 is 17.9 Å². The van der Waals surface area contributed by atoms with Crippen LogP contribution in [0.1, 0.15) is 31.7 Å². The molecular weight excluding hydrogens is 281 g/mol. The average molecular weight is 302 g/mol. The Hall–Kier alpha value is -1.43. The fourth-order valence-corrected chi connectivity index (χ4v) is 2.47. The predicted molar refractivity (Wildman–Crippen MR) is 77.3 cm³/mol. The third-order valence-corrected chi connectivity index (χ3v) is 3.63. The van der Waals surface area contributed by atoms with Crippen molar-refractivity contribution >= 4 is 11.4 Å². The monoisotopic (exact) mass is 302 g/mol. The van der Waals surface area contributed by atoms with Crippen LogP contribution in [0.4, 0.5) is 24.5 Å². The van der Waals surface area contributed by atoms with Crippen LogP contribution in [0.2, 0.25) is 0 Å². The van der Waals surface area contributed by atoms with Gasteiger partial charge < -0.3 is 15.4 Å². The number of alkyl halides is 3. The molecule has 1 aliphatic rings. The number of nitrogens with zero attached hydrogens (tertiary/aromatic N) is 1.